The van der Waals surface area contributed by atoms with Gasteiger partial charge in [-0.05, 0) is 18.9 Å². The van der Waals surface area contributed by atoms with E-state index in [4.69, 9.17) is 0 Å². The first-order valence-electron chi connectivity index (χ1n) is 4.37. The van der Waals surface area contributed by atoms with Crippen LogP contribution < -0.4 is 0 Å². The van der Waals surface area contributed by atoms with E-state index in [0.29, 0.717) is 18.4 Å². The summed E-state index contributed by atoms with van der Waals surface area (Å²) >= 11 is 0. The molecule has 0 saturated heterocycles. The zero-order valence-corrected chi connectivity index (χ0v) is 7.59. The highest BCUT2D eigenvalue weighted by Gasteiger charge is 2.03. The van der Waals surface area contributed by atoms with Crippen molar-refractivity contribution in [2.75, 3.05) is 0 Å². The SMILES string of the molecule is CCCCc1ncc(C=O)cc1F. The summed E-state index contributed by atoms with van der Waals surface area (Å²) in [5.74, 6) is -0.377. The minimum atomic E-state index is -0.377. The molecule has 0 spiro atoms. The van der Waals surface area contributed by atoms with Gasteiger partial charge in [-0.1, -0.05) is 13.3 Å². The second-order valence-corrected chi connectivity index (χ2v) is 2.92. The van der Waals surface area contributed by atoms with Crippen molar-refractivity contribution in [1.82, 2.24) is 4.98 Å². The van der Waals surface area contributed by atoms with Crippen LogP contribution in [0.3, 0.4) is 0 Å². The third-order valence-electron chi connectivity index (χ3n) is 1.84. The van der Waals surface area contributed by atoms with Gasteiger partial charge in [0.05, 0.1) is 5.69 Å². The highest BCUT2D eigenvalue weighted by Crippen LogP contribution is 2.08. The van der Waals surface area contributed by atoms with E-state index in [1.165, 1.54) is 12.3 Å². The third kappa shape index (κ3) is 2.61. The quantitative estimate of drug-likeness (QED) is 0.667. The summed E-state index contributed by atoms with van der Waals surface area (Å²) < 4.78 is 13.1. The predicted octanol–water partition coefficient (Wildman–Crippen LogP) is 2.38. The van der Waals surface area contributed by atoms with Crippen LogP contribution in [0.25, 0.3) is 0 Å². The van der Waals surface area contributed by atoms with Gasteiger partial charge in [0.1, 0.15) is 5.82 Å². The van der Waals surface area contributed by atoms with Gasteiger partial charge in [-0.3, -0.25) is 9.78 Å². The molecule has 1 rings (SSSR count). The summed E-state index contributed by atoms with van der Waals surface area (Å²) in [5.41, 5.74) is 0.741. The Bertz CT molecular complexity index is 299. The summed E-state index contributed by atoms with van der Waals surface area (Å²) in [6.07, 6.45) is 4.57. The summed E-state index contributed by atoms with van der Waals surface area (Å²) in [5, 5.41) is 0. The van der Waals surface area contributed by atoms with Crippen LogP contribution in [0.4, 0.5) is 4.39 Å². The lowest BCUT2D eigenvalue weighted by Gasteiger charge is -2.00. The molecular weight excluding hydrogens is 169 g/mol. The number of rotatable bonds is 4. The summed E-state index contributed by atoms with van der Waals surface area (Å²) in [6, 6.07) is 1.23. The van der Waals surface area contributed by atoms with Crippen LogP contribution >= 0.6 is 0 Å². The van der Waals surface area contributed by atoms with Crippen molar-refractivity contribution in [2.45, 2.75) is 26.2 Å². The first kappa shape index (κ1) is 9.84. The number of aryl methyl sites for hydroxylation is 1. The lowest BCUT2D eigenvalue weighted by molar-refractivity contribution is 0.112. The highest BCUT2D eigenvalue weighted by atomic mass is 19.1. The molecule has 0 bridgehead atoms. The molecule has 0 saturated carbocycles. The summed E-state index contributed by atoms with van der Waals surface area (Å²) in [7, 11) is 0. The Balaban J connectivity index is 2.79. The van der Waals surface area contributed by atoms with E-state index in [1.807, 2.05) is 6.92 Å². The topological polar surface area (TPSA) is 30.0 Å². The molecule has 0 aliphatic rings. The van der Waals surface area contributed by atoms with Gasteiger partial charge in [-0.25, -0.2) is 4.39 Å². The zero-order valence-electron chi connectivity index (χ0n) is 7.59. The molecule has 0 amide bonds. The van der Waals surface area contributed by atoms with Crippen LogP contribution in [0.1, 0.15) is 35.8 Å². The van der Waals surface area contributed by atoms with Crippen LogP contribution in [-0.4, -0.2) is 11.3 Å². The highest BCUT2D eigenvalue weighted by molar-refractivity contribution is 5.73. The normalized spacial score (nSPS) is 10.0. The first-order valence-corrected chi connectivity index (χ1v) is 4.37. The fourth-order valence-electron chi connectivity index (χ4n) is 1.07. The number of carbonyl (C=O) groups is 1. The Labute approximate surface area is 76.8 Å². The second kappa shape index (κ2) is 4.70. The number of pyridine rings is 1. The zero-order chi connectivity index (χ0) is 9.68. The van der Waals surface area contributed by atoms with Gasteiger partial charge in [0.25, 0.3) is 0 Å². The largest absolute Gasteiger partial charge is 0.298 e. The maximum Gasteiger partial charge on any atom is 0.151 e. The van der Waals surface area contributed by atoms with Crippen LogP contribution in [0, 0.1) is 5.82 Å². The number of aromatic nitrogens is 1. The lowest BCUT2D eigenvalue weighted by Crippen LogP contribution is -1.96. The number of hydrogen-bond donors (Lipinski definition) is 0. The van der Waals surface area contributed by atoms with Crippen LogP contribution in [0.5, 0.6) is 0 Å². The second-order valence-electron chi connectivity index (χ2n) is 2.92. The molecule has 1 aromatic rings. The van der Waals surface area contributed by atoms with Gasteiger partial charge < -0.3 is 0 Å². The molecule has 0 unspecified atom stereocenters. The van der Waals surface area contributed by atoms with E-state index in [2.05, 4.69) is 4.98 Å². The minimum absolute atomic E-state index is 0.290. The minimum Gasteiger partial charge on any atom is -0.298 e. The van der Waals surface area contributed by atoms with Gasteiger partial charge in [0, 0.05) is 11.8 Å². The molecule has 2 nitrogen and oxygen atoms in total. The van der Waals surface area contributed by atoms with E-state index in [0.717, 1.165) is 12.8 Å². The Kier molecular flexibility index (Phi) is 3.55. The third-order valence-corrected chi connectivity index (χ3v) is 1.84. The van der Waals surface area contributed by atoms with Crippen molar-refractivity contribution in [3.8, 4) is 0 Å². The molecule has 0 aliphatic carbocycles. The van der Waals surface area contributed by atoms with Crippen molar-refractivity contribution in [3.05, 3.63) is 29.3 Å². The number of unbranched alkanes of at least 4 members (excludes halogenated alkanes) is 1. The van der Waals surface area contributed by atoms with Gasteiger partial charge in [-0.15, -0.1) is 0 Å². The van der Waals surface area contributed by atoms with Gasteiger partial charge in [-0.2, -0.15) is 0 Å². The average molecular weight is 181 g/mol. The summed E-state index contributed by atoms with van der Waals surface area (Å²) in [6.45, 7) is 2.04. The van der Waals surface area contributed by atoms with Gasteiger partial charge >= 0.3 is 0 Å². The number of aldehydes is 1. The number of nitrogens with zero attached hydrogens (tertiary/aromatic N) is 1. The van der Waals surface area contributed by atoms with Gasteiger partial charge in [0.2, 0.25) is 0 Å². The monoisotopic (exact) mass is 181 g/mol. The van der Waals surface area contributed by atoms with Crippen LogP contribution in [0.2, 0.25) is 0 Å². The lowest BCUT2D eigenvalue weighted by atomic mass is 10.1. The average Bonchev–Trinajstić information content (AvgIpc) is 2.16. The Morgan fingerprint density at radius 2 is 2.38 bits per heavy atom. The molecule has 0 aromatic carbocycles. The fraction of sp³-hybridized carbons (Fsp3) is 0.400. The summed E-state index contributed by atoms with van der Waals surface area (Å²) in [4.78, 5) is 14.2. The van der Waals surface area contributed by atoms with Crippen molar-refractivity contribution in [1.29, 1.82) is 0 Å². The Morgan fingerprint density at radius 3 is 2.92 bits per heavy atom. The number of carbonyl (C=O) groups excluding carboxylic acids is 1. The first-order chi connectivity index (χ1) is 6.27. The maximum atomic E-state index is 13.1. The van der Waals surface area contributed by atoms with E-state index in [1.54, 1.807) is 0 Å². The Hall–Kier alpha value is -1.25. The molecule has 0 radical (unpaired) electrons. The van der Waals surface area contributed by atoms with E-state index in [9.17, 15) is 9.18 Å². The molecule has 70 valence electrons. The van der Waals surface area contributed by atoms with Gasteiger partial charge in [0.15, 0.2) is 6.29 Å². The Morgan fingerprint density at radius 1 is 1.62 bits per heavy atom. The fourth-order valence-corrected chi connectivity index (χ4v) is 1.07. The standard InChI is InChI=1S/C10H12FNO/c1-2-3-4-10-9(11)5-8(7-13)6-12-10/h5-7H,2-4H2,1H3. The molecule has 1 aromatic heterocycles. The molecule has 0 aliphatic heterocycles. The molecule has 0 N–H and O–H groups in total. The molecule has 0 atom stereocenters. The van der Waals surface area contributed by atoms with Crippen molar-refractivity contribution < 1.29 is 9.18 Å². The molecule has 0 fully saturated rings. The smallest absolute Gasteiger partial charge is 0.151 e. The molecule has 13 heavy (non-hydrogen) atoms. The maximum absolute atomic E-state index is 13.1. The molecular formula is C10H12FNO. The van der Waals surface area contributed by atoms with Crippen molar-refractivity contribution in [3.63, 3.8) is 0 Å². The molecule has 1 heterocycles. The van der Waals surface area contributed by atoms with Crippen LogP contribution in [0.15, 0.2) is 12.3 Å². The van der Waals surface area contributed by atoms with E-state index >= 15 is 0 Å². The predicted molar refractivity (Wildman–Crippen MR) is 48.2 cm³/mol. The van der Waals surface area contributed by atoms with Crippen molar-refractivity contribution >= 4 is 6.29 Å². The number of halogens is 1. The molecule has 3 heteroatoms. The van der Waals surface area contributed by atoms with Crippen molar-refractivity contribution in [2.24, 2.45) is 0 Å². The van der Waals surface area contributed by atoms with E-state index < -0.39 is 0 Å². The van der Waals surface area contributed by atoms with Crippen LogP contribution in [-0.2, 0) is 6.42 Å². The van der Waals surface area contributed by atoms with E-state index in [-0.39, 0.29) is 11.4 Å². The number of hydrogen-bond acceptors (Lipinski definition) is 2.